The maximum atomic E-state index is 5.27. The molecule has 2 aromatic rings. The van der Waals surface area contributed by atoms with Crippen molar-refractivity contribution in [3.8, 4) is 11.5 Å². The van der Waals surface area contributed by atoms with Crippen molar-refractivity contribution in [2.75, 3.05) is 27.3 Å². The number of benzene rings is 1. The first-order valence-electron chi connectivity index (χ1n) is 6.09. The van der Waals surface area contributed by atoms with E-state index in [-0.39, 0.29) is 0 Å². The van der Waals surface area contributed by atoms with Crippen molar-refractivity contribution in [2.24, 2.45) is 0 Å². The van der Waals surface area contributed by atoms with Crippen molar-refractivity contribution >= 4 is 11.0 Å². The van der Waals surface area contributed by atoms with Crippen LogP contribution in [0.2, 0.25) is 0 Å². The monoisotopic (exact) mass is 249 g/mol. The van der Waals surface area contributed by atoms with Crippen LogP contribution >= 0.6 is 0 Å². The van der Waals surface area contributed by atoms with Crippen LogP contribution in [0.3, 0.4) is 0 Å². The molecule has 0 spiro atoms. The summed E-state index contributed by atoms with van der Waals surface area (Å²) in [6.07, 6.45) is 0.882. The van der Waals surface area contributed by atoms with E-state index in [2.05, 4.69) is 22.2 Å². The summed E-state index contributed by atoms with van der Waals surface area (Å²) in [5, 5.41) is 3.28. The Hall–Kier alpha value is -1.75. The van der Waals surface area contributed by atoms with Crippen molar-refractivity contribution in [2.45, 2.75) is 13.3 Å². The van der Waals surface area contributed by atoms with Gasteiger partial charge in [0, 0.05) is 25.1 Å². The summed E-state index contributed by atoms with van der Waals surface area (Å²) in [4.78, 5) is 7.83. The average Bonchev–Trinajstić information content (AvgIpc) is 2.78. The Bertz CT molecular complexity index is 481. The molecule has 0 unspecified atom stereocenters. The molecule has 0 aliphatic rings. The van der Waals surface area contributed by atoms with Gasteiger partial charge in [-0.3, -0.25) is 0 Å². The molecule has 0 saturated heterocycles. The molecule has 98 valence electrons. The second kappa shape index (κ2) is 5.73. The topological polar surface area (TPSA) is 59.2 Å². The molecule has 0 saturated carbocycles. The van der Waals surface area contributed by atoms with Gasteiger partial charge in [-0.25, -0.2) is 4.98 Å². The molecule has 1 aromatic carbocycles. The number of aromatic nitrogens is 2. The quantitative estimate of drug-likeness (QED) is 0.765. The fourth-order valence-electron chi connectivity index (χ4n) is 1.89. The van der Waals surface area contributed by atoms with Gasteiger partial charge < -0.3 is 19.8 Å². The molecule has 2 N–H and O–H groups in total. The van der Waals surface area contributed by atoms with Gasteiger partial charge >= 0.3 is 0 Å². The summed E-state index contributed by atoms with van der Waals surface area (Å²) in [5.74, 6) is 2.39. The lowest BCUT2D eigenvalue weighted by molar-refractivity contribution is 0.356. The Kier molecular flexibility index (Phi) is 4.04. The molecule has 5 heteroatoms. The third-order valence-corrected chi connectivity index (χ3v) is 2.82. The molecule has 1 aromatic heterocycles. The lowest BCUT2D eigenvalue weighted by Gasteiger charge is -2.06. The standard InChI is InChI=1S/C13H19N3O2/c1-4-14-6-5-13-15-9-7-11(17-2)12(18-3)8-10(9)16-13/h7-8,14H,4-6H2,1-3H3,(H,15,16). The summed E-state index contributed by atoms with van der Waals surface area (Å²) < 4.78 is 10.5. The zero-order chi connectivity index (χ0) is 13.0. The predicted octanol–water partition coefficient (Wildman–Crippen LogP) is 1.73. The van der Waals surface area contributed by atoms with Crippen molar-refractivity contribution in [1.82, 2.24) is 15.3 Å². The van der Waals surface area contributed by atoms with Crippen LogP contribution in [0.5, 0.6) is 11.5 Å². The van der Waals surface area contributed by atoms with Gasteiger partial charge in [0.1, 0.15) is 5.82 Å². The van der Waals surface area contributed by atoms with E-state index in [1.165, 1.54) is 0 Å². The van der Waals surface area contributed by atoms with Gasteiger partial charge in [0.05, 0.1) is 25.3 Å². The highest BCUT2D eigenvalue weighted by Gasteiger charge is 2.09. The van der Waals surface area contributed by atoms with Gasteiger partial charge in [0.25, 0.3) is 0 Å². The molecule has 0 aliphatic heterocycles. The third kappa shape index (κ3) is 2.56. The molecule has 0 fully saturated rings. The first kappa shape index (κ1) is 12.7. The number of aromatic amines is 1. The Labute approximate surface area is 107 Å². The molecule has 18 heavy (non-hydrogen) atoms. The molecule has 5 nitrogen and oxygen atoms in total. The second-order valence-corrected chi connectivity index (χ2v) is 4.01. The van der Waals surface area contributed by atoms with E-state index >= 15 is 0 Å². The molecular formula is C13H19N3O2. The van der Waals surface area contributed by atoms with Crippen LogP contribution in [0.25, 0.3) is 11.0 Å². The molecule has 0 atom stereocenters. The van der Waals surface area contributed by atoms with Crippen LogP contribution in [0.15, 0.2) is 12.1 Å². The van der Waals surface area contributed by atoms with Gasteiger partial charge in [-0.1, -0.05) is 6.92 Å². The van der Waals surface area contributed by atoms with Crippen molar-refractivity contribution < 1.29 is 9.47 Å². The SMILES string of the molecule is CCNCCc1nc2cc(OC)c(OC)cc2[nH]1. The van der Waals surface area contributed by atoms with Crippen LogP contribution in [0, 0.1) is 0 Å². The number of H-pyrrole nitrogens is 1. The van der Waals surface area contributed by atoms with E-state index in [4.69, 9.17) is 9.47 Å². The van der Waals surface area contributed by atoms with Crippen molar-refractivity contribution in [1.29, 1.82) is 0 Å². The number of rotatable bonds is 6. The molecular weight excluding hydrogens is 230 g/mol. The molecule has 0 radical (unpaired) electrons. The zero-order valence-electron chi connectivity index (χ0n) is 11.0. The molecule has 0 aliphatic carbocycles. The summed E-state index contributed by atoms with van der Waals surface area (Å²) >= 11 is 0. The minimum absolute atomic E-state index is 0.703. The van der Waals surface area contributed by atoms with Crippen LogP contribution in [0.4, 0.5) is 0 Å². The minimum atomic E-state index is 0.703. The number of likely N-dealkylation sites (N-methyl/N-ethyl adjacent to an activating group) is 1. The number of nitrogens with one attached hydrogen (secondary N) is 2. The summed E-state index contributed by atoms with van der Waals surface area (Å²) in [7, 11) is 3.26. The van der Waals surface area contributed by atoms with Gasteiger partial charge in [-0.05, 0) is 6.54 Å². The number of fused-ring (bicyclic) bond motifs is 1. The number of nitrogens with zero attached hydrogens (tertiary/aromatic N) is 1. The highest BCUT2D eigenvalue weighted by molar-refractivity contribution is 5.79. The lowest BCUT2D eigenvalue weighted by atomic mass is 10.3. The number of ether oxygens (including phenoxy) is 2. The van der Waals surface area contributed by atoms with E-state index in [1.54, 1.807) is 14.2 Å². The van der Waals surface area contributed by atoms with Crippen LogP contribution in [-0.2, 0) is 6.42 Å². The van der Waals surface area contributed by atoms with E-state index in [9.17, 15) is 0 Å². The Morgan fingerprint density at radius 1 is 1.22 bits per heavy atom. The summed E-state index contributed by atoms with van der Waals surface area (Å²) in [5.41, 5.74) is 1.87. The van der Waals surface area contributed by atoms with Crippen LogP contribution in [-0.4, -0.2) is 37.3 Å². The van der Waals surface area contributed by atoms with Crippen LogP contribution < -0.4 is 14.8 Å². The van der Waals surface area contributed by atoms with E-state index in [0.717, 1.165) is 36.4 Å². The van der Waals surface area contributed by atoms with Crippen molar-refractivity contribution in [3.05, 3.63) is 18.0 Å². The van der Waals surface area contributed by atoms with Gasteiger partial charge in [-0.2, -0.15) is 0 Å². The number of imidazole rings is 1. The van der Waals surface area contributed by atoms with E-state index in [1.807, 2.05) is 12.1 Å². The Morgan fingerprint density at radius 2 is 1.94 bits per heavy atom. The molecule has 0 bridgehead atoms. The minimum Gasteiger partial charge on any atom is -0.493 e. The Morgan fingerprint density at radius 3 is 2.61 bits per heavy atom. The van der Waals surface area contributed by atoms with E-state index < -0.39 is 0 Å². The van der Waals surface area contributed by atoms with Crippen molar-refractivity contribution in [3.63, 3.8) is 0 Å². The van der Waals surface area contributed by atoms with Gasteiger partial charge in [0.2, 0.25) is 0 Å². The zero-order valence-corrected chi connectivity index (χ0v) is 11.0. The molecule has 0 amide bonds. The molecule has 1 heterocycles. The predicted molar refractivity (Wildman–Crippen MR) is 71.4 cm³/mol. The highest BCUT2D eigenvalue weighted by Crippen LogP contribution is 2.30. The smallest absolute Gasteiger partial charge is 0.163 e. The fourth-order valence-corrected chi connectivity index (χ4v) is 1.89. The van der Waals surface area contributed by atoms with Gasteiger partial charge in [0.15, 0.2) is 11.5 Å². The second-order valence-electron chi connectivity index (χ2n) is 4.01. The normalized spacial score (nSPS) is 10.8. The van der Waals surface area contributed by atoms with Crippen LogP contribution in [0.1, 0.15) is 12.7 Å². The van der Waals surface area contributed by atoms with E-state index in [0.29, 0.717) is 11.5 Å². The molecule has 2 rings (SSSR count). The largest absolute Gasteiger partial charge is 0.493 e. The summed E-state index contributed by atoms with van der Waals surface area (Å²) in [6, 6.07) is 3.80. The number of hydrogen-bond acceptors (Lipinski definition) is 4. The maximum absolute atomic E-state index is 5.27. The fraction of sp³-hybridized carbons (Fsp3) is 0.462. The number of hydrogen-bond donors (Lipinski definition) is 2. The maximum Gasteiger partial charge on any atom is 0.163 e. The first-order chi connectivity index (χ1) is 8.78. The average molecular weight is 249 g/mol. The third-order valence-electron chi connectivity index (χ3n) is 2.82. The van der Waals surface area contributed by atoms with Gasteiger partial charge in [-0.15, -0.1) is 0 Å². The highest BCUT2D eigenvalue weighted by atomic mass is 16.5. The summed E-state index contributed by atoms with van der Waals surface area (Å²) in [6.45, 7) is 3.99. The first-order valence-corrected chi connectivity index (χ1v) is 6.09. The Balaban J connectivity index is 2.27. The number of methoxy groups -OCH3 is 2. The lowest BCUT2D eigenvalue weighted by Crippen LogP contribution is -2.16.